The molecular formula is C10H8ClIN4. The van der Waals surface area contributed by atoms with Gasteiger partial charge in [-0.05, 0) is 46.9 Å². The second kappa shape index (κ2) is 4.84. The Balaban J connectivity index is 2.27. The highest BCUT2D eigenvalue weighted by Crippen LogP contribution is 2.24. The molecule has 6 heteroatoms. The molecule has 0 bridgehead atoms. The summed E-state index contributed by atoms with van der Waals surface area (Å²) in [6.07, 6.45) is 1.60. The van der Waals surface area contributed by atoms with Gasteiger partial charge in [0.2, 0.25) is 5.95 Å². The Bertz CT molecular complexity index is 518. The minimum absolute atomic E-state index is 0.244. The molecule has 1 heterocycles. The number of benzene rings is 1. The van der Waals surface area contributed by atoms with Crippen molar-refractivity contribution in [3.8, 4) is 0 Å². The third-order valence-electron chi connectivity index (χ3n) is 1.87. The van der Waals surface area contributed by atoms with Crippen LogP contribution in [0.15, 0.2) is 30.5 Å². The maximum atomic E-state index is 5.87. The third-order valence-corrected chi connectivity index (χ3v) is 3.00. The lowest BCUT2D eigenvalue weighted by atomic mass is 10.3. The van der Waals surface area contributed by atoms with Gasteiger partial charge in [0.05, 0.1) is 5.69 Å². The molecule has 0 saturated heterocycles. The van der Waals surface area contributed by atoms with Crippen molar-refractivity contribution in [3.05, 3.63) is 39.1 Å². The van der Waals surface area contributed by atoms with E-state index >= 15 is 0 Å². The summed E-state index contributed by atoms with van der Waals surface area (Å²) in [5.41, 5.74) is 6.42. The second-order valence-corrected chi connectivity index (χ2v) is 4.65. The van der Waals surface area contributed by atoms with Crippen LogP contribution in [0.25, 0.3) is 0 Å². The lowest BCUT2D eigenvalue weighted by Crippen LogP contribution is -1.99. The monoisotopic (exact) mass is 346 g/mol. The SMILES string of the molecule is Nc1nccc(Nc2ccc(Cl)cc2I)n1. The lowest BCUT2D eigenvalue weighted by molar-refractivity contribution is 1.18. The zero-order valence-electron chi connectivity index (χ0n) is 8.11. The average molecular weight is 347 g/mol. The molecule has 2 aromatic rings. The first-order chi connectivity index (χ1) is 7.65. The molecule has 0 saturated carbocycles. The van der Waals surface area contributed by atoms with Crippen LogP contribution in [-0.2, 0) is 0 Å². The fraction of sp³-hybridized carbons (Fsp3) is 0. The molecule has 0 amide bonds. The molecule has 3 N–H and O–H groups in total. The number of nitrogens with one attached hydrogen (secondary N) is 1. The van der Waals surface area contributed by atoms with Gasteiger partial charge in [0.15, 0.2) is 0 Å². The molecule has 4 nitrogen and oxygen atoms in total. The highest BCUT2D eigenvalue weighted by Gasteiger charge is 2.02. The fourth-order valence-corrected chi connectivity index (χ4v) is 2.18. The van der Waals surface area contributed by atoms with E-state index in [1.165, 1.54) is 0 Å². The molecule has 0 atom stereocenters. The summed E-state index contributed by atoms with van der Waals surface area (Å²) in [5, 5.41) is 3.85. The van der Waals surface area contributed by atoms with Gasteiger partial charge in [0, 0.05) is 14.8 Å². The molecule has 0 aliphatic heterocycles. The van der Waals surface area contributed by atoms with Crippen molar-refractivity contribution >= 4 is 51.6 Å². The molecule has 0 unspecified atom stereocenters. The smallest absolute Gasteiger partial charge is 0.221 e. The number of anilines is 3. The van der Waals surface area contributed by atoms with Crippen LogP contribution in [0.3, 0.4) is 0 Å². The molecule has 0 fully saturated rings. The summed E-state index contributed by atoms with van der Waals surface area (Å²) >= 11 is 8.07. The molecule has 0 aliphatic carbocycles. The van der Waals surface area contributed by atoms with E-state index in [1.54, 1.807) is 12.3 Å². The Labute approximate surface area is 111 Å². The lowest BCUT2D eigenvalue weighted by Gasteiger charge is -2.07. The van der Waals surface area contributed by atoms with Gasteiger partial charge in [0.1, 0.15) is 5.82 Å². The molecule has 2 rings (SSSR count). The molecular weight excluding hydrogens is 338 g/mol. The first-order valence-electron chi connectivity index (χ1n) is 4.46. The number of aromatic nitrogens is 2. The van der Waals surface area contributed by atoms with Crippen molar-refractivity contribution in [2.45, 2.75) is 0 Å². The quantitative estimate of drug-likeness (QED) is 0.820. The van der Waals surface area contributed by atoms with Crippen molar-refractivity contribution < 1.29 is 0 Å². The van der Waals surface area contributed by atoms with Gasteiger partial charge < -0.3 is 11.1 Å². The average Bonchev–Trinajstić information content (AvgIpc) is 2.22. The summed E-state index contributed by atoms with van der Waals surface area (Å²) in [6.45, 7) is 0. The molecule has 0 spiro atoms. The minimum Gasteiger partial charge on any atom is -0.368 e. The summed E-state index contributed by atoms with van der Waals surface area (Å²) in [6, 6.07) is 7.33. The van der Waals surface area contributed by atoms with Gasteiger partial charge in [-0.15, -0.1) is 0 Å². The molecule has 0 aliphatic rings. The van der Waals surface area contributed by atoms with E-state index in [1.807, 2.05) is 18.2 Å². The van der Waals surface area contributed by atoms with Gasteiger partial charge in [-0.1, -0.05) is 11.6 Å². The van der Waals surface area contributed by atoms with Gasteiger partial charge in [-0.3, -0.25) is 0 Å². The predicted molar refractivity (Wildman–Crippen MR) is 73.9 cm³/mol. The number of rotatable bonds is 2. The van der Waals surface area contributed by atoms with Crippen molar-refractivity contribution in [2.75, 3.05) is 11.1 Å². The number of halogens is 2. The minimum atomic E-state index is 0.244. The largest absolute Gasteiger partial charge is 0.368 e. The Morgan fingerprint density at radius 1 is 1.31 bits per heavy atom. The molecule has 16 heavy (non-hydrogen) atoms. The van der Waals surface area contributed by atoms with E-state index in [0.717, 1.165) is 9.26 Å². The van der Waals surface area contributed by atoms with Gasteiger partial charge >= 0.3 is 0 Å². The van der Waals surface area contributed by atoms with Crippen LogP contribution < -0.4 is 11.1 Å². The summed E-state index contributed by atoms with van der Waals surface area (Å²) < 4.78 is 1.02. The van der Waals surface area contributed by atoms with E-state index in [0.29, 0.717) is 10.8 Å². The van der Waals surface area contributed by atoms with Crippen LogP contribution in [-0.4, -0.2) is 9.97 Å². The van der Waals surface area contributed by atoms with Crippen LogP contribution in [0.1, 0.15) is 0 Å². The standard InChI is InChI=1S/C10H8ClIN4/c11-6-1-2-8(7(12)5-6)15-9-3-4-14-10(13)16-9/h1-5H,(H3,13,14,15,16). The van der Waals surface area contributed by atoms with E-state index in [-0.39, 0.29) is 5.95 Å². The summed E-state index contributed by atoms with van der Waals surface area (Å²) in [4.78, 5) is 7.87. The molecule has 82 valence electrons. The van der Waals surface area contributed by atoms with Crippen LogP contribution in [0, 0.1) is 3.57 Å². The predicted octanol–water partition coefficient (Wildman–Crippen LogP) is 3.06. The second-order valence-electron chi connectivity index (χ2n) is 3.05. The van der Waals surface area contributed by atoms with E-state index < -0.39 is 0 Å². The van der Waals surface area contributed by atoms with Crippen molar-refractivity contribution in [3.63, 3.8) is 0 Å². The van der Waals surface area contributed by atoms with Gasteiger partial charge in [-0.25, -0.2) is 4.98 Å². The number of hydrogen-bond donors (Lipinski definition) is 2. The Kier molecular flexibility index (Phi) is 3.45. The van der Waals surface area contributed by atoms with Gasteiger partial charge in [-0.2, -0.15) is 4.98 Å². The number of nitrogens with two attached hydrogens (primary N) is 1. The Morgan fingerprint density at radius 3 is 2.81 bits per heavy atom. The summed E-state index contributed by atoms with van der Waals surface area (Å²) in [7, 11) is 0. The van der Waals surface area contributed by atoms with E-state index in [9.17, 15) is 0 Å². The van der Waals surface area contributed by atoms with Crippen LogP contribution >= 0.6 is 34.2 Å². The maximum Gasteiger partial charge on any atom is 0.221 e. The van der Waals surface area contributed by atoms with Crippen LogP contribution in [0.5, 0.6) is 0 Å². The zero-order chi connectivity index (χ0) is 11.5. The van der Waals surface area contributed by atoms with Crippen molar-refractivity contribution in [1.29, 1.82) is 0 Å². The highest BCUT2D eigenvalue weighted by molar-refractivity contribution is 14.1. The third kappa shape index (κ3) is 2.73. The first-order valence-corrected chi connectivity index (χ1v) is 5.91. The normalized spacial score (nSPS) is 10.1. The van der Waals surface area contributed by atoms with Crippen molar-refractivity contribution in [1.82, 2.24) is 9.97 Å². The zero-order valence-corrected chi connectivity index (χ0v) is 11.0. The number of nitrogens with zero attached hydrogens (tertiary/aromatic N) is 2. The Hall–Kier alpha value is -1.08. The molecule has 1 aromatic heterocycles. The van der Waals surface area contributed by atoms with Crippen LogP contribution in [0.4, 0.5) is 17.5 Å². The fourth-order valence-electron chi connectivity index (χ4n) is 1.17. The first kappa shape index (κ1) is 11.4. The van der Waals surface area contributed by atoms with E-state index in [4.69, 9.17) is 17.3 Å². The Morgan fingerprint density at radius 2 is 2.12 bits per heavy atom. The maximum absolute atomic E-state index is 5.87. The highest BCUT2D eigenvalue weighted by atomic mass is 127. The van der Waals surface area contributed by atoms with E-state index in [2.05, 4.69) is 37.9 Å². The van der Waals surface area contributed by atoms with Crippen molar-refractivity contribution in [2.24, 2.45) is 0 Å². The van der Waals surface area contributed by atoms with Crippen LogP contribution in [0.2, 0.25) is 5.02 Å². The number of hydrogen-bond acceptors (Lipinski definition) is 4. The van der Waals surface area contributed by atoms with Gasteiger partial charge in [0.25, 0.3) is 0 Å². The summed E-state index contributed by atoms with van der Waals surface area (Å²) in [5.74, 6) is 0.904. The topological polar surface area (TPSA) is 63.8 Å². The molecule has 1 aromatic carbocycles. The molecule has 0 radical (unpaired) electrons. The number of nitrogen functional groups attached to an aromatic ring is 1.